The van der Waals surface area contributed by atoms with Crippen LogP contribution in [-0.2, 0) is 23.8 Å². The second-order valence-corrected chi connectivity index (χ2v) is 8.04. The molecule has 32 heavy (non-hydrogen) atoms. The SMILES string of the molecule is Cc1nc2nc(C(F)(F)F)nn2c(C)c1CC(=O)N1CCN(CCc2ccccc2)CC1. The van der Waals surface area contributed by atoms with Crippen molar-refractivity contribution in [2.45, 2.75) is 32.9 Å². The van der Waals surface area contributed by atoms with Gasteiger partial charge in [0, 0.05) is 49.7 Å². The van der Waals surface area contributed by atoms with E-state index in [1.54, 1.807) is 13.8 Å². The molecule has 1 amide bonds. The molecule has 0 saturated carbocycles. The molecule has 3 heterocycles. The summed E-state index contributed by atoms with van der Waals surface area (Å²) in [5, 5.41) is 3.55. The number of rotatable bonds is 5. The maximum atomic E-state index is 13.0. The van der Waals surface area contributed by atoms with Crippen LogP contribution in [0.2, 0.25) is 0 Å². The largest absolute Gasteiger partial charge is 0.453 e. The minimum absolute atomic E-state index is 0.0591. The van der Waals surface area contributed by atoms with E-state index in [4.69, 9.17) is 0 Å². The Bertz CT molecular complexity index is 1100. The third-order valence-electron chi connectivity index (χ3n) is 5.92. The summed E-state index contributed by atoms with van der Waals surface area (Å²) in [5.41, 5.74) is 2.82. The van der Waals surface area contributed by atoms with Crippen molar-refractivity contribution in [2.24, 2.45) is 0 Å². The number of hydrogen-bond donors (Lipinski definition) is 0. The number of aryl methyl sites for hydroxylation is 2. The lowest BCUT2D eigenvalue weighted by molar-refractivity contribution is -0.144. The van der Waals surface area contributed by atoms with Gasteiger partial charge in [-0.05, 0) is 25.8 Å². The minimum atomic E-state index is -4.65. The maximum absolute atomic E-state index is 13.0. The molecule has 0 unspecified atom stereocenters. The average molecular weight is 446 g/mol. The highest BCUT2D eigenvalue weighted by molar-refractivity contribution is 5.79. The quantitative estimate of drug-likeness (QED) is 0.603. The Balaban J connectivity index is 1.39. The zero-order valence-electron chi connectivity index (χ0n) is 18.1. The predicted molar refractivity (Wildman–Crippen MR) is 112 cm³/mol. The fourth-order valence-corrected chi connectivity index (χ4v) is 4.00. The number of aromatic nitrogens is 4. The lowest BCUT2D eigenvalue weighted by Gasteiger charge is -2.35. The van der Waals surface area contributed by atoms with E-state index in [0.717, 1.165) is 30.6 Å². The summed E-state index contributed by atoms with van der Waals surface area (Å²) in [6.07, 6.45) is -3.60. The number of benzene rings is 1. The van der Waals surface area contributed by atoms with Crippen LogP contribution >= 0.6 is 0 Å². The number of halogens is 3. The van der Waals surface area contributed by atoms with Gasteiger partial charge in [-0.25, -0.2) is 9.50 Å². The van der Waals surface area contributed by atoms with E-state index >= 15 is 0 Å². The van der Waals surface area contributed by atoms with Gasteiger partial charge in [-0.1, -0.05) is 30.3 Å². The summed E-state index contributed by atoms with van der Waals surface area (Å²) < 4.78 is 40.0. The molecule has 0 N–H and O–H groups in total. The Morgan fingerprint density at radius 3 is 2.38 bits per heavy atom. The first kappa shape index (κ1) is 22.2. The van der Waals surface area contributed by atoms with Gasteiger partial charge < -0.3 is 4.90 Å². The Morgan fingerprint density at radius 1 is 1.03 bits per heavy atom. The lowest BCUT2D eigenvalue weighted by Crippen LogP contribution is -2.49. The highest BCUT2D eigenvalue weighted by atomic mass is 19.4. The second-order valence-electron chi connectivity index (χ2n) is 8.04. The van der Waals surface area contributed by atoms with Crippen molar-refractivity contribution < 1.29 is 18.0 Å². The number of carbonyl (C=O) groups excluding carboxylic acids is 1. The highest BCUT2D eigenvalue weighted by Crippen LogP contribution is 2.27. The van der Waals surface area contributed by atoms with Crippen molar-refractivity contribution in [1.29, 1.82) is 0 Å². The van der Waals surface area contributed by atoms with Crippen LogP contribution in [-0.4, -0.2) is 68.0 Å². The van der Waals surface area contributed by atoms with Crippen LogP contribution in [0.1, 0.15) is 28.3 Å². The monoisotopic (exact) mass is 446 g/mol. The predicted octanol–water partition coefficient (Wildman–Crippen LogP) is 2.69. The van der Waals surface area contributed by atoms with Crippen molar-refractivity contribution in [3.8, 4) is 0 Å². The summed E-state index contributed by atoms with van der Waals surface area (Å²) in [5.74, 6) is -1.41. The molecule has 1 saturated heterocycles. The van der Waals surface area contributed by atoms with Crippen LogP contribution < -0.4 is 0 Å². The molecule has 1 aliphatic rings. The van der Waals surface area contributed by atoms with Crippen LogP contribution in [0, 0.1) is 13.8 Å². The van der Waals surface area contributed by atoms with Crippen molar-refractivity contribution in [3.63, 3.8) is 0 Å². The molecule has 170 valence electrons. The fourth-order valence-electron chi connectivity index (χ4n) is 4.00. The summed E-state index contributed by atoms with van der Waals surface area (Å²) >= 11 is 0. The van der Waals surface area contributed by atoms with Gasteiger partial charge in [0.05, 0.1) is 6.42 Å². The van der Waals surface area contributed by atoms with E-state index in [1.807, 2.05) is 23.1 Å². The van der Waals surface area contributed by atoms with E-state index in [-0.39, 0.29) is 18.1 Å². The van der Waals surface area contributed by atoms with E-state index in [9.17, 15) is 18.0 Å². The lowest BCUT2D eigenvalue weighted by atomic mass is 10.1. The summed E-state index contributed by atoms with van der Waals surface area (Å²) in [6, 6.07) is 10.3. The molecule has 4 rings (SSSR count). The van der Waals surface area contributed by atoms with Crippen LogP contribution in [0.15, 0.2) is 30.3 Å². The van der Waals surface area contributed by atoms with Gasteiger partial charge in [-0.3, -0.25) is 9.69 Å². The van der Waals surface area contributed by atoms with Crippen molar-refractivity contribution in [3.05, 3.63) is 58.7 Å². The van der Waals surface area contributed by atoms with Gasteiger partial charge in [-0.2, -0.15) is 18.2 Å². The molecule has 0 bridgehead atoms. The van der Waals surface area contributed by atoms with Crippen molar-refractivity contribution in [1.82, 2.24) is 29.4 Å². The second kappa shape index (κ2) is 8.85. The van der Waals surface area contributed by atoms with Gasteiger partial charge >= 0.3 is 6.18 Å². The number of alkyl halides is 3. The topological polar surface area (TPSA) is 66.6 Å². The number of carbonyl (C=O) groups is 1. The highest BCUT2D eigenvalue weighted by Gasteiger charge is 2.37. The molecule has 1 fully saturated rings. The molecule has 10 heteroatoms. The number of amides is 1. The normalized spacial score (nSPS) is 15.5. The molecule has 0 spiro atoms. The molecule has 0 radical (unpaired) electrons. The molecule has 0 atom stereocenters. The van der Waals surface area contributed by atoms with Gasteiger partial charge in [0.2, 0.25) is 5.91 Å². The number of fused-ring (bicyclic) bond motifs is 1. The molecular weight excluding hydrogens is 421 g/mol. The van der Waals surface area contributed by atoms with Crippen LogP contribution in [0.3, 0.4) is 0 Å². The third-order valence-corrected chi connectivity index (χ3v) is 5.92. The number of nitrogens with zero attached hydrogens (tertiary/aromatic N) is 6. The van der Waals surface area contributed by atoms with Gasteiger partial charge in [-0.15, -0.1) is 5.10 Å². The zero-order valence-corrected chi connectivity index (χ0v) is 18.1. The Hall–Kier alpha value is -3.01. The molecular formula is C22H25F3N6O. The average Bonchev–Trinajstić information content (AvgIpc) is 3.21. The maximum Gasteiger partial charge on any atom is 0.453 e. The Labute approximate surface area is 183 Å². The molecule has 7 nitrogen and oxygen atoms in total. The summed E-state index contributed by atoms with van der Waals surface area (Å²) in [7, 11) is 0. The smallest absolute Gasteiger partial charge is 0.340 e. The molecule has 2 aromatic heterocycles. The summed E-state index contributed by atoms with van der Waals surface area (Å²) in [4.78, 5) is 24.7. The van der Waals surface area contributed by atoms with Crippen LogP contribution in [0.4, 0.5) is 13.2 Å². The number of hydrogen-bond acceptors (Lipinski definition) is 5. The Morgan fingerprint density at radius 2 is 1.72 bits per heavy atom. The van der Waals surface area contributed by atoms with Crippen LogP contribution in [0.5, 0.6) is 0 Å². The molecule has 1 aliphatic heterocycles. The van der Waals surface area contributed by atoms with Gasteiger partial charge in [0.15, 0.2) is 0 Å². The molecule has 1 aromatic carbocycles. The summed E-state index contributed by atoms with van der Waals surface area (Å²) in [6.45, 7) is 7.11. The van der Waals surface area contributed by atoms with Crippen molar-refractivity contribution in [2.75, 3.05) is 32.7 Å². The first-order valence-electron chi connectivity index (χ1n) is 10.6. The first-order chi connectivity index (χ1) is 15.2. The van der Waals surface area contributed by atoms with Crippen LogP contribution in [0.25, 0.3) is 5.78 Å². The Kier molecular flexibility index (Phi) is 6.14. The van der Waals surface area contributed by atoms with E-state index < -0.39 is 12.0 Å². The van der Waals surface area contributed by atoms with E-state index in [2.05, 4.69) is 32.1 Å². The van der Waals surface area contributed by atoms with Crippen molar-refractivity contribution >= 4 is 11.7 Å². The molecule has 0 aliphatic carbocycles. The zero-order chi connectivity index (χ0) is 22.9. The fraction of sp³-hybridized carbons (Fsp3) is 0.455. The standard InChI is InChI=1S/C22H25F3N6O/c1-15-18(16(2)31-21(26-15)27-20(28-31)22(23,24)25)14-19(32)30-12-10-29(11-13-30)9-8-17-6-4-3-5-7-17/h3-7H,8-14H2,1-2H3. The van der Waals surface area contributed by atoms with Gasteiger partial charge in [0.1, 0.15) is 0 Å². The third kappa shape index (κ3) is 4.74. The number of piperazine rings is 1. The minimum Gasteiger partial charge on any atom is -0.340 e. The first-order valence-corrected chi connectivity index (χ1v) is 10.6. The van der Waals surface area contributed by atoms with E-state index in [1.165, 1.54) is 5.56 Å². The van der Waals surface area contributed by atoms with E-state index in [0.29, 0.717) is 30.0 Å². The molecule has 3 aromatic rings. The van der Waals surface area contributed by atoms with Gasteiger partial charge in [0.25, 0.3) is 11.6 Å².